The number of thiophene rings is 1. The minimum atomic E-state index is 0.757. The van der Waals surface area contributed by atoms with Gasteiger partial charge in [0, 0.05) is 29.1 Å². The molecule has 2 aromatic heterocycles. The number of hydrogen-bond acceptors (Lipinski definition) is 5. The number of benzene rings is 1. The summed E-state index contributed by atoms with van der Waals surface area (Å²) in [6.45, 7) is 1.81. The molecule has 0 amide bonds. The number of oxime groups is 1. The monoisotopic (exact) mass is 339 g/mol. The number of hydrogen-bond donors (Lipinski definition) is 0. The summed E-state index contributed by atoms with van der Waals surface area (Å²) in [5.41, 5.74) is 3.40. The first kappa shape index (κ1) is 15.0. The highest BCUT2D eigenvalue weighted by molar-refractivity contribution is 7.10. The van der Waals surface area contributed by atoms with Crippen molar-refractivity contribution in [1.29, 1.82) is 0 Å². The maximum atomic E-state index is 5.34. The Balaban J connectivity index is 1.61. The molecule has 0 N–H and O–H groups in total. The van der Waals surface area contributed by atoms with Crippen molar-refractivity contribution in [3.05, 3.63) is 64.3 Å². The molecule has 24 heavy (non-hydrogen) atoms. The predicted octanol–water partition coefficient (Wildman–Crippen LogP) is 3.77. The molecule has 0 saturated heterocycles. The summed E-state index contributed by atoms with van der Waals surface area (Å²) in [4.78, 5) is 12.8. The van der Waals surface area contributed by atoms with Gasteiger partial charge in [0.15, 0.2) is 18.0 Å². The molecular formula is C18H17N3O2S. The summed E-state index contributed by atoms with van der Waals surface area (Å²) in [7, 11) is 1.59. The molecule has 1 aromatic carbocycles. The average Bonchev–Trinajstić information content (AvgIpc) is 3.30. The molecule has 0 atom stereocenters. The van der Waals surface area contributed by atoms with Crippen molar-refractivity contribution < 1.29 is 9.25 Å². The fraction of sp³-hybridized carbons (Fsp3) is 0.222. The molecular weight excluding hydrogens is 322 g/mol. The summed E-state index contributed by atoms with van der Waals surface area (Å²) >= 11 is 1.83. The van der Waals surface area contributed by atoms with Gasteiger partial charge >= 0.3 is 0 Å². The van der Waals surface area contributed by atoms with Crippen molar-refractivity contribution in [2.24, 2.45) is 5.16 Å². The number of nitrogens with zero attached hydrogens (tertiary/aromatic N) is 3. The number of amidine groups is 1. The van der Waals surface area contributed by atoms with E-state index in [9.17, 15) is 0 Å². The third-order valence-electron chi connectivity index (χ3n) is 4.14. The summed E-state index contributed by atoms with van der Waals surface area (Å²) in [6, 6.07) is 10.3. The van der Waals surface area contributed by atoms with Gasteiger partial charge in [-0.3, -0.25) is 0 Å². The number of oxazole rings is 1. The molecule has 0 aliphatic carbocycles. The number of rotatable bonds is 3. The Kier molecular flexibility index (Phi) is 4.04. The van der Waals surface area contributed by atoms with Crippen LogP contribution in [0.3, 0.4) is 0 Å². The fourth-order valence-corrected chi connectivity index (χ4v) is 3.84. The Morgan fingerprint density at radius 1 is 1.29 bits per heavy atom. The van der Waals surface area contributed by atoms with Crippen LogP contribution < -0.4 is 0 Å². The lowest BCUT2D eigenvalue weighted by molar-refractivity contribution is 0.204. The molecule has 0 radical (unpaired) electrons. The van der Waals surface area contributed by atoms with Gasteiger partial charge in [-0.25, -0.2) is 4.98 Å². The van der Waals surface area contributed by atoms with Crippen LogP contribution in [0.1, 0.15) is 16.0 Å². The van der Waals surface area contributed by atoms with E-state index in [-0.39, 0.29) is 0 Å². The first-order valence-corrected chi connectivity index (χ1v) is 8.64. The van der Waals surface area contributed by atoms with E-state index in [1.54, 1.807) is 13.3 Å². The van der Waals surface area contributed by atoms with Crippen LogP contribution >= 0.6 is 11.3 Å². The largest absolute Gasteiger partial charge is 0.444 e. The van der Waals surface area contributed by atoms with Gasteiger partial charge in [0.2, 0.25) is 0 Å². The van der Waals surface area contributed by atoms with Gasteiger partial charge in [0.25, 0.3) is 0 Å². The SMILES string of the molecule is CO/N=C(/c1ccc(-c2cnco2)cc1)N1CCc2sccc2C1. The van der Waals surface area contributed by atoms with Crippen molar-refractivity contribution in [1.82, 2.24) is 9.88 Å². The molecule has 6 heteroatoms. The lowest BCUT2D eigenvalue weighted by Crippen LogP contribution is -2.36. The first-order chi connectivity index (χ1) is 11.8. The highest BCUT2D eigenvalue weighted by Gasteiger charge is 2.22. The van der Waals surface area contributed by atoms with Crippen molar-refractivity contribution in [3.63, 3.8) is 0 Å². The molecule has 4 rings (SSSR count). The maximum Gasteiger partial charge on any atom is 0.181 e. The third kappa shape index (κ3) is 2.80. The summed E-state index contributed by atoms with van der Waals surface area (Å²) in [5, 5.41) is 6.44. The van der Waals surface area contributed by atoms with E-state index in [1.807, 2.05) is 35.6 Å². The average molecular weight is 339 g/mol. The molecule has 3 heterocycles. The van der Waals surface area contributed by atoms with Gasteiger partial charge in [-0.15, -0.1) is 11.3 Å². The summed E-state index contributed by atoms with van der Waals surface area (Å²) in [5.74, 6) is 1.62. The minimum Gasteiger partial charge on any atom is -0.444 e. The van der Waals surface area contributed by atoms with Crippen LogP contribution in [0.4, 0.5) is 0 Å². The Bertz CT molecular complexity index is 838. The van der Waals surface area contributed by atoms with Crippen LogP contribution in [0.2, 0.25) is 0 Å². The highest BCUT2D eigenvalue weighted by atomic mass is 32.1. The lowest BCUT2D eigenvalue weighted by Gasteiger charge is -2.29. The van der Waals surface area contributed by atoms with Crippen molar-refractivity contribution in [2.45, 2.75) is 13.0 Å². The van der Waals surface area contributed by atoms with Gasteiger partial charge in [0.05, 0.1) is 6.20 Å². The van der Waals surface area contributed by atoms with Crippen LogP contribution in [0.5, 0.6) is 0 Å². The molecule has 0 fully saturated rings. The Morgan fingerprint density at radius 2 is 2.17 bits per heavy atom. The van der Waals surface area contributed by atoms with Gasteiger partial charge in [-0.2, -0.15) is 0 Å². The van der Waals surface area contributed by atoms with E-state index in [1.165, 1.54) is 16.8 Å². The van der Waals surface area contributed by atoms with Crippen molar-refractivity contribution in [2.75, 3.05) is 13.7 Å². The van der Waals surface area contributed by atoms with Gasteiger partial charge in [0.1, 0.15) is 7.11 Å². The predicted molar refractivity (Wildman–Crippen MR) is 93.9 cm³/mol. The van der Waals surface area contributed by atoms with Gasteiger partial charge < -0.3 is 14.2 Å². The zero-order chi connectivity index (χ0) is 16.4. The number of aromatic nitrogens is 1. The highest BCUT2D eigenvalue weighted by Crippen LogP contribution is 2.26. The second-order valence-corrected chi connectivity index (χ2v) is 6.58. The van der Waals surface area contributed by atoms with Crippen LogP contribution in [0.15, 0.2) is 57.9 Å². The Labute approximate surface area is 144 Å². The van der Waals surface area contributed by atoms with Crippen LogP contribution in [-0.4, -0.2) is 29.4 Å². The van der Waals surface area contributed by atoms with E-state index in [4.69, 9.17) is 9.25 Å². The normalized spacial score (nSPS) is 14.5. The molecule has 1 aliphatic rings. The van der Waals surface area contributed by atoms with Gasteiger partial charge in [-0.05, 0) is 23.4 Å². The molecule has 0 unspecified atom stereocenters. The van der Waals surface area contributed by atoms with E-state index in [0.29, 0.717) is 0 Å². The second-order valence-electron chi connectivity index (χ2n) is 5.58. The molecule has 0 bridgehead atoms. The minimum absolute atomic E-state index is 0.757. The Morgan fingerprint density at radius 3 is 2.92 bits per heavy atom. The molecule has 0 saturated carbocycles. The second kappa shape index (κ2) is 6.49. The summed E-state index contributed by atoms with van der Waals surface area (Å²) < 4.78 is 5.34. The van der Waals surface area contributed by atoms with E-state index >= 15 is 0 Å². The third-order valence-corrected chi connectivity index (χ3v) is 5.17. The van der Waals surface area contributed by atoms with E-state index in [2.05, 4.69) is 26.5 Å². The first-order valence-electron chi connectivity index (χ1n) is 7.76. The lowest BCUT2D eigenvalue weighted by atomic mass is 10.1. The Hall–Kier alpha value is -2.60. The molecule has 0 spiro atoms. The maximum absolute atomic E-state index is 5.34. The van der Waals surface area contributed by atoms with Crippen LogP contribution in [-0.2, 0) is 17.8 Å². The van der Waals surface area contributed by atoms with E-state index in [0.717, 1.165) is 42.2 Å². The van der Waals surface area contributed by atoms with Gasteiger partial charge in [-0.1, -0.05) is 29.4 Å². The van der Waals surface area contributed by atoms with Crippen molar-refractivity contribution in [3.8, 4) is 11.3 Å². The van der Waals surface area contributed by atoms with Crippen LogP contribution in [0.25, 0.3) is 11.3 Å². The van der Waals surface area contributed by atoms with Crippen LogP contribution in [0, 0.1) is 0 Å². The smallest absolute Gasteiger partial charge is 0.181 e. The fourth-order valence-electron chi connectivity index (χ4n) is 2.95. The zero-order valence-corrected chi connectivity index (χ0v) is 14.1. The molecule has 122 valence electrons. The molecule has 5 nitrogen and oxygen atoms in total. The topological polar surface area (TPSA) is 50.9 Å². The summed E-state index contributed by atoms with van der Waals surface area (Å²) in [6.07, 6.45) is 4.20. The molecule has 1 aliphatic heterocycles. The van der Waals surface area contributed by atoms with Crippen molar-refractivity contribution >= 4 is 17.2 Å². The zero-order valence-electron chi connectivity index (χ0n) is 13.3. The van der Waals surface area contributed by atoms with E-state index < -0.39 is 0 Å². The quantitative estimate of drug-likeness (QED) is 0.414. The number of fused-ring (bicyclic) bond motifs is 1. The standard InChI is InChI=1S/C18H17N3O2S/c1-22-20-18(21-8-6-17-15(11-21)7-9-24-17)14-4-2-13(3-5-14)16-10-19-12-23-16/h2-5,7,9-10,12H,6,8,11H2,1H3/b20-18-. The molecule has 3 aromatic rings.